The minimum Gasteiger partial charge on any atom is -0.441 e. The highest BCUT2D eigenvalue weighted by molar-refractivity contribution is 5.95. The molecule has 1 saturated carbocycles. The highest BCUT2D eigenvalue weighted by Crippen LogP contribution is 2.40. The summed E-state index contributed by atoms with van der Waals surface area (Å²) in [4.78, 5) is 21.5. The van der Waals surface area contributed by atoms with Crippen molar-refractivity contribution in [2.45, 2.75) is 56.8 Å². The van der Waals surface area contributed by atoms with E-state index in [1.54, 1.807) is 12.3 Å². The minimum absolute atomic E-state index is 0.269. The molecule has 7 nitrogen and oxygen atoms in total. The van der Waals surface area contributed by atoms with E-state index in [4.69, 9.17) is 4.42 Å². The molecule has 1 fully saturated rings. The van der Waals surface area contributed by atoms with Crippen molar-refractivity contribution in [1.29, 1.82) is 0 Å². The van der Waals surface area contributed by atoms with Crippen LogP contribution in [0, 0.1) is 0 Å². The molecule has 2 aliphatic rings. The van der Waals surface area contributed by atoms with Gasteiger partial charge in [-0.3, -0.25) is 9.78 Å². The lowest BCUT2D eigenvalue weighted by Gasteiger charge is -2.21. The van der Waals surface area contributed by atoms with Crippen LogP contribution in [0.3, 0.4) is 0 Å². The molecule has 0 unspecified atom stereocenters. The van der Waals surface area contributed by atoms with E-state index >= 15 is 0 Å². The van der Waals surface area contributed by atoms with Gasteiger partial charge in [-0.05, 0) is 37.8 Å². The van der Waals surface area contributed by atoms with Crippen molar-refractivity contribution in [2.24, 2.45) is 0 Å². The van der Waals surface area contributed by atoms with E-state index in [1.165, 1.54) is 0 Å². The maximum Gasteiger partial charge on any atom is 0.504 e. The summed E-state index contributed by atoms with van der Waals surface area (Å²) in [6, 6.07) is 2.98. The van der Waals surface area contributed by atoms with Gasteiger partial charge in [-0.15, -0.1) is 13.2 Å². The number of nitrogens with one attached hydrogen (secondary N) is 1. The van der Waals surface area contributed by atoms with E-state index < -0.39 is 40.6 Å². The molecule has 0 spiro atoms. The van der Waals surface area contributed by atoms with Gasteiger partial charge in [0, 0.05) is 36.0 Å². The lowest BCUT2D eigenvalue weighted by Crippen LogP contribution is -2.31. The summed E-state index contributed by atoms with van der Waals surface area (Å²) < 4.78 is 70.5. The number of oxazole rings is 1. The number of carbonyl (C=O) groups excluding carboxylic acids is 1. The molecule has 0 radical (unpaired) electrons. The number of nitrogens with zero attached hydrogens (tertiary/aromatic N) is 4. The zero-order valence-electron chi connectivity index (χ0n) is 17.1. The number of fused-ring (bicyclic) bond motifs is 1. The number of amides is 1. The third-order valence-corrected chi connectivity index (χ3v) is 5.74. The molecule has 5 rings (SSSR count). The number of aromatic nitrogens is 4. The second kappa shape index (κ2) is 7.92. The van der Waals surface area contributed by atoms with Crippen LogP contribution in [-0.4, -0.2) is 25.7 Å². The number of carbonyl (C=O) groups is 1. The number of halogens is 5. The number of hydrogen-bond donors (Lipinski definition) is 1. The van der Waals surface area contributed by atoms with Crippen LogP contribution in [-0.2, 0) is 12.7 Å². The molecule has 1 N–H and O–H groups in total. The lowest BCUT2D eigenvalue weighted by molar-refractivity contribution is -0.212. The average molecular weight is 467 g/mol. The maximum absolute atomic E-state index is 13.2. The summed E-state index contributed by atoms with van der Waals surface area (Å²) >= 11 is 0. The number of aryl methyl sites for hydroxylation is 1. The molecule has 0 bridgehead atoms. The van der Waals surface area contributed by atoms with Gasteiger partial charge in [0.15, 0.2) is 0 Å². The Morgan fingerprint density at radius 3 is 2.73 bits per heavy atom. The first-order valence-corrected chi connectivity index (χ1v) is 10.4. The normalized spacial score (nSPS) is 18.4. The van der Waals surface area contributed by atoms with Crippen molar-refractivity contribution in [3.05, 3.63) is 52.9 Å². The maximum atomic E-state index is 13.2. The Morgan fingerprint density at radius 1 is 1.24 bits per heavy atom. The van der Waals surface area contributed by atoms with E-state index in [2.05, 4.69) is 20.4 Å². The molecular formula is C21H18F5N5O2. The fourth-order valence-corrected chi connectivity index (χ4v) is 3.96. The smallest absolute Gasteiger partial charge is 0.441 e. The molecule has 1 amide bonds. The first kappa shape index (κ1) is 21.5. The number of hydrogen-bond acceptors (Lipinski definition) is 5. The predicted octanol–water partition coefficient (Wildman–Crippen LogP) is 5.03. The van der Waals surface area contributed by atoms with E-state index in [9.17, 15) is 26.7 Å². The summed E-state index contributed by atoms with van der Waals surface area (Å²) in [6.45, 7) is 0. The van der Waals surface area contributed by atoms with Crippen LogP contribution < -0.4 is 5.32 Å². The molecule has 0 saturated heterocycles. The first-order valence-electron chi connectivity index (χ1n) is 10.4. The Kier molecular flexibility index (Phi) is 5.17. The van der Waals surface area contributed by atoms with Gasteiger partial charge in [0.05, 0.1) is 11.6 Å². The first-order chi connectivity index (χ1) is 15.7. The molecule has 12 heteroatoms. The SMILES string of the molecule is O=C(N[C@@H]1CCCc2oc(-c3ccnc(C4CC4)c3)nc21)c1cn(C(F)(F)F)nc1C(F)F. The Balaban J connectivity index is 1.41. The molecule has 33 heavy (non-hydrogen) atoms. The van der Waals surface area contributed by atoms with Crippen LogP contribution in [0.15, 0.2) is 28.9 Å². The van der Waals surface area contributed by atoms with Crippen molar-refractivity contribution < 1.29 is 31.2 Å². The summed E-state index contributed by atoms with van der Waals surface area (Å²) in [6.07, 6.45) is -2.63. The Bertz CT molecular complexity index is 1200. The Hall–Kier alpha value is -3.31. The molecule has 1 atom stereocenters. The van der Waals surface area contributed by atoms with Crippen molar-refractivity contribution in [2.75, 3.05) is 0 Å². The van der Waals surface area contributed by atoms with Crippen LogP contribution in [0.4, 0.5) is 22.0 Å². The number of rotatable bonds is 5. The van der Waals surface area contributed by atoms with Gasteiger partial charge in [-0.25, -0.2) is 13.8 Å². The highest BCUT2D eigenvalue weighted by Gasteiger charge is 2.37. The summed E-state index contributed by atoms with van der Waals surface area (Å²) in [7, 11) is 0. The van der Waals surface area contributed by atoms with Gasteiger partial charge in [-0.2, -0.15) is 9.78 Å². The zero-order valence-corrected chi connectivity index (χ0v) is 17.1. The number of alkyl halides is 5. The van der Waals surface area contributed by atoms with Gasteiger partial charge < -0.3 is 9.73 Å². The minimum atomic E-state index is -5.02. The van der Waals surface area contributed by atoms with Crippen LogP contribution in [0.1, 0.15) is 77.3 Å². The van der Waals surface area contributed by atoms with Gasteiger partial charge in [-0.1, -0.05) is 0 Å². The lowest BCUT2D eigenvalue weighted by atomic mass is 9.96. The largest absolute Gasteiger partial charge is 0.504 e. The second-order valence-corrected chi connectivity index (χ2v) is 8.13. The molecule has 0 aromatic carbocycles. The van der Waals surface area contributed by atoms with Crippen LogP contribution in [0.2, 0.25) is 0 Å². The van der Waals surface area contributed by atoms with Crippen molar-refractivity contribution >= 4 is 5.91 Å². The Labute approximate surface area is 184 Å². The van der Waals surface area contributed by atoms with E-state index in [0.29, 0.717) is 42.5 Å². The van der Waals surface area contributed by atoms with E-state index in [1.807, 2.05) is 6.07 Å². The third kappa shape index (κ3) is 4.21. The van der Waals surface area contributed by atoms with Crippen LogP contribution in [0.25, 0.3) is 11.5 Å². The Morgan fingerprint density at radius 2 is 2.03 bits per heavy atom. The van der Waals surface area contributed by atoms with Gasteiger partial charge in [0.2, 0.25) is 5.89 Å². The molecule has 174 valence electrons. The second-order valence-electron chi connectivity index (χ2n) is 8.13. The summed E-state index contributed by atoms with van der Waals surface area (Å²) in [5.41, 5.74) is 0.0659. The predicted molar refractivity (Wildman–Crippen MR) is 103 cm³/mol. The van der Waals surface area contributed by atoms with Gasteiger partial charge >= 0.3 is 6.30 Å². The van der Waals surface area contributed by atoms with Crippen molar-refractivity contribution in [3.63, 3.8) is 0 Å². The molecule has 3 aromatic heterocycles. The van der Waals surface area contributed by atoms with E-state index in [-0.39, 0.29) is 6.20 Å². The molecule has 3 heterocycles. The van der Waals surface area contributed by atoms with Crippen LogP contribution >= 0.6 is 0 Å². The number of pyridine rings is 1. The molecule has 2 aliphatic carbocycles. The zero-order chi connectivity index (χ0) is 23.3. The third-order valence-electron chi connectivity index (χ3n) is 5.74. The van der Waals surface area contributed by atoms with Crippen molar-refractivity contribution in [1.82, 2.24) is 25.1 Å². The van der Waals surface area contributed by atoms with Gasteiger partial charge in [0.25, 0.3) is 12.3 Å². The topological polar surface area (TPSA) is 85.8 Å². The summed E-state index contributed by atoms with van der Waals surface area (Å²) in [5.74, 6) is 0.251. The standard InChI is InChI=1S/C21H18F5N5O2/c22-18(23)16-12(9-31(30-16)21(24,25)26)19(32)28-13-2-1-3-15-17(13)29-20(33-15)11-6-7-27-14(8-11)10-4-5-10/h6-10,13,18H,1-5H2,(H,28,32)/t13-/m1/s1. The fourth-order valence-electron chi connectivity index (χ4n) is 3.96. The molecule has 3 aromatic rings. The van der Waals surface area contributed by atoms with E-state index in [0.717, 1.165) is 24.1 Å². The average Bonchev–Trinajstić information content (AvgIpc) is 3.34. The quantitative estimate of drug-likeness (QED) is 0.532. The molecule has 0 aliphatic heterocycles. The van der Waals surface area contributed by atoms with Crippen LogP contribution in [0.5, 0.6) is 0 Å². The molecular weight excluding hydrogens is 449 g/mol. The van der Waals surface area contributed by atoms with Gasteiger partial charge in [0.1, 0.15) is 17.1 Å². The fraction of sp³-hybridized carbons (Fsp3) is 0.429. The summed E-state index contributed by atoms with van der Waals surface area (Å²) in [5, 5.41) is 5.38. The highest BCUT2D eigenvalue weighted by atomic mass is 19.4. The van der Waals surface area contributed by atoms with Crippen molar-refractivity contribution in [3.8, 4) is 11.5 Å². The monoisotopic (exact) mass is 467 g/mol.